The topological polar surface area (TPSA) is 90.5 Å². The number of benzene rings is 3. The molecule has 3 N–H and O–H groups in total. The average molecular weight is 485 g/mol. The zero-order chi connectivity index (χ0) is 25.5. The third kappa shape index (κ3) is 6.72. The molecule has 186 valence electrons. The highest BCUT2D eigenvalue weighted by Gasteiger charge is 2.28. The van der Waals surface area contributed by atoms with Gasteiger partial charge in [-0.15, -0.1) is 0 Å². The van der Waals surface area contributed by atoms with E-state index in [0.717, 1.165) is 35.2 Å². The fourth-order valence-corrected chi connectivity index (χ4v) is 4.36. The number of rotatable bonds is 6. The lowest BCUT2D eigenvalue weighted by atomic mass is 9.96. The van der Waals surface area contributed by atoms with Crippen LogP contribution >= 0.6 is 0 Å². The predicted octanol–water partition coefficient (Wildman–Crippen LogP) is 5.12. The Bertz CT molecular complexity index is 1240. The molecule has 0 aliphatic carbocycles. The number of piperidine rings is 1. The Morgan fingerprint density at radius 2 is 1.56 bits per heavy atom. The molecular weight excluding hydrogens is 452 g/mol. The van der Waals surface area contributed by atoms with Gasteiger partial charge >= 0.3 is 6.03 Å². The molecule has 3 aromatic carbocycles. The number of nitrogens with zero attached hydrogens (tertiary/aromatic N) is 1. The van der Waals surface area contributed by atoms with Gasteiger partial charge in [-0.2, -0.15) is 0 Å². The molecule has 1 heterocycles. The van der Waals surface area contributed by atoms with E-state index in [-0.39, 0.29) is 23.8 Å². The van der Waals surface area contributed by atoms with Crippen molar-refractivity contribution < 1.29 is 14.4 Å². The van der Waals surface area contributed by atoms with E-state index in [4.69, 9.17) is 0 Å². The van der Waals surface area contributed by atoms with Crippen molar-refractivity contribution in [2.24, 2.45) is 5.92 Å². The van der Waals surface area contributed by atoms with Gasteiger partial charge in [0.05, 0.1) is 5.92 Å². The highest BCUT2D eigenvalue weighted by atomic mass is 16.2. The summed E-state index contributed by atoms with van der Waals surface area (Å²) in [5.74, 6) is -0.336. The summed E-state index contributed by atoms with van der Waals surface area (Å²) in [5, 5.41) is 8.65. The highest BCUT2D eigenvalue weighted by Crippen LogP contribution is 2.20. The van der Waals surface area contributed by atoms with E-state index in [1.165, 1.54) is 0 Å². The molecule has 7 heteroatoms. The van der Waals surface area contributed by atoms with Gasteiger partial charge in [0.15, 0.2) is 0 Å². The average Bonchev–Trinajstić information content (AvgIpc) is 2.87. The molecule has 0 spiro atoms. The van der Waals surface area contributed by atoms with E-state index in [1.807, 2.05) is 80.6 Å². The third-order valence-corrected chi connectivity index (χ3v) is 6.31. The molecule has 4 amide bonds. The van der Waals surface area contributed by atoms with Crippen molar-refractivity contribution in [1.29, 1.82) is 0 Å². The van der Waals surface area contributed by atoms with Crippen LogP contribution in [0.2, 0.25) is 0 Å². The first-order valence-electron chi connectivity index (χ1n) is 12.2. The van der Waals surface area contributed by atoms with Gasteiger partial charge in [-0.25, -0.2) is 4.79 Å². The summed E-state index contributed by atoms with van der Waals surface area (Å²) in [6.45, 7) is 5.37. The van der Waals surface area contributed by atoms with E-state index in [2.05, 4.69) is 16.0 Å². The second-order valence-electron chi connectivity index (χ2n) is 9.32. The number of anilines is 2. The molecule has 1 aliphatic heterocycles. The zero-order valence-corrected chi connectivity index (χ0v) is 20.7. The predicted molar refractivity (Wildman–Crippen MR) is 142 cm³/mol. The van der Waals surface area contributed by atoms with E-state index in [0.29, 0.717) is 30.9 Å². The Morgan fingerprint density at radius 3 is 2.28 bits per heavy atom. The second kappa shape index (κ2) is 11.5. The Morgan fingerprint density at radius 1 is 0.861 bits per heavy atom. The Balaban J connectivity index is 1.29. The van der Waals surface area contributed by atoms with Crippen LogP contribution in [0.5, 0.6) is 0 Å². The largest absolute Gasteiger partial charge is 0.352 e. The highest BCUT2D eigenvalue weighted by molar-refractivity contribution is 5.99. The van der Waals surface area contributed by atoms with Crippen molar-refractivity contribution >= 4 is 29.2 Å². The van der Waals surface area contributed by atoms with E-state index in [9.17, 15) is 14.4 Å². The molecule has 0 bridgehead atoms. The fourth-order valence-electron chi connectivity index (χ4n) is 4.36. The smallest absolute Gasteiger partial charge is 0.323 e. The number of nitrogens with one attached hydrogen (secondary N) is 3. The van der Waals surface area contributed by atoms with Crippen molar-refractivity contribution in [3.63, 3.8) is 0 Å². The number of hydrogen-bond donors (Lipinski definition) is 3. The number of likely N-dealkylation sites (tertiary alicyclic amines) is 1. The van der Waals surface area contributed by atoms with Gasteiger partial charge in [-0.3, -0.25) is 9.59 Å². The van der Waals surface area contributed by atoms with Crippen LogP contribution < -0.4 is 16.0 Å². The Kier molecular flexibility index (Phi) is 8.00. The monoisotopic (exact) mass is 484 g/mol. The van der Waals surface area contributed by atoms with Crippen LogP contribution in [-0.2, 0) is 11.3 Å². The first-order valence-corrected chi connectivity index (χ1v) is 12.2. The van der Waals surface area contributed by atoms with Gasteiger partial charge in [-0.05, 0) is 74.2 Å². The first-order chi connectivity index (χ1) is 17.4. The van der Waals surface area contributed by atoms with Crippen molar-refractivity contribution in [2.45, 2.75) is 33.2 Å². The van der Waals surface area contributed by atoms with Gasteiger partial charge in [0, 0.05) is 36.6 Å². The van der Waals surface area contributed by atoms with Gasteiger partial charge in [0.2, 0.25) is 5.91 Å². The first kappa shape index (κ1) is 25.0. The number of amides is 4. The molecule has 0 saturated carbocycles. The van der Waals surface area contributed by atoms with Crippen molar-refractivity contribution in [2.75, 3.05) is 23.7 Å². The van der Waals surface area contributed by atoms with Crippen LogP contribution in [-0.4, -0.2) is 35.8 Å². The van der Waals surface area contributed by atoms with Gasteiger partial charge < -0.3 is 20.9 Å². The minimum absolute atomic E-state index is 0.0322. The SMILES string of the molecule is Cc1ccc(C(=O)N2CCCC(C(=O)NCc3cccc(NC(=O)Nc4cccc(C)c4)c3)C2)cc1. The minimum Gasteiger partial charge on any atom is -0.352 e. The quantitative estimate of drug-likeness (QED) is 0.454. The molecule has 1 fully saturated rings. The van der Waals surface area contributed by atoms with Gasteiger partial charge in [-0.1, -0.05) is 42.0 Å². The van der Waals surface area contributed by atoms with E-state index >= 15 is 0 Å². The van der Waals surface area contributed by atoms with Crippen LogP contribution in [0.4, 0.5) is 16.2 Å². The number of aryl methyl sites for hydroxylation is 2. The lowest BCUT2D eigenvalue weighted by Crippen LogP contribution is -2.45. The van der Waals surface area contributed by atoms with Crippen molar-refractivity contribution in [3.05, 3.63) is 95.1 Å². The molecule has 0 aromatic heterocycles. The zero-order valence-electron chi connectivity index (χ0n) is 20.7. The molecule has 3 aromatic rings. The molecule has 1 unspecified atom stereocenters. The fraction of sp³-hybridized carbons (Fsp3) is 0.276. The summed E-state index contributed by atoms with van der Waals surface area (Å²) in [6, 6.07) is 22.2. The minimum atomic E-state index is -0.331. The summed E-state index contributed by atoms with van der Waals surface area (Å²) in [5.41, 5.74) is 5.05. The molecule has 4 rings (SSSR count). The van der Waals surface area contributed by atoms with Crippen molar-refractivity contribution in [3.8, 4) is 0 Å². The maximum absolute atomic E-state index is 12.9. The number of carbonyl (C=O) groups excluding carboxylic acids is 3. The summed E-state index contributed by atoms with van der Waals surface area (Å²) in [7, 11) is 0. The number of urea groups is 1. The van der Waals surface area contributed by atoms with Gasteiger partial charge in [0.25, 0.3) is 5.91 Å². The lowest BCUT2D eigenvalue weighted by molar-refractivity contribution is -0.126. The molecule has 1 aliphatic rings. The van der Waals surface area contributed by atoms with Crippen LogP contribution in [0.1, 0.15) is 39.9 Å². The standard InChI is InChI=1S/C29H32N4O3/c1-20-11-13-23(14-12-20)28(35)33-15-5-8-24(19-33)27(34)30-18-22-7-4-10-26(17-22)32-29(36)31-25-9-3-6-21(2)16-25/h3-4,6-7,9-14,16-17,24H,5,8,15,18-19H2,1-2H3,(H,30,34)(H2,31,32,36). The summed E-state index contributed by atoms with van der Waals surface area (Å²) >= 11 is 0. The van der Waals surface area contributed by atoms with Crippen LogP contribution in [0.15, 0.2) is 72.8 Å². The van der Waals surface area contributed by atoms with E-state index < -0.39 is 0 Å². The van der Waals surface area contributed by atoms with Gasteiger partial charge in [0.1, 0.15) is 0 Å². The number of carbonyl (C=O) groups is 3. The molecule has 0 radical (unpaired) electrons. The second-order valence-corrected chi connectivity index (χ2v) is 9.32. The third-order valence-electron chi connectivity index (χ3n) is 6.31. The summed E-state index contributed by atoms with van der Waals surface area (Å²) in [4.78, 5) is 39.9. The maximum Gasteiger partial charge on any atom is 0.323 e. The Hall–Kier alpha value is -4.13. The van der Waals surface area contributed by atoms with Crippen molar-refractivity contribution in [1.82, 2.24) is 10.2 Å². The lowest BCUT2D eigenvalue weighted by Gasteiger charge is -2.32. The molecular formula is C29H32N4O3. The van der Waals surface area contributed by atoms with Crippen LogP contribution in [0, 0.1) is 19.8 Å². The molecule has 36 heavy (non-hydrogen) atoms. The van der Waals surface area contributed by atoms with Crippen LogP contribution in [0.25, 0.3) is 0 Å². The molecule has 7 nitrogen and oxygen atoms in total. The van der Waals surface area contributed by atoms with E-state index in [1.54, 1.807) is 11.0 Å². The van der Waals surface area contributed by atoms with Crippen LogP contribution in [0.3, 0.4) is 0 Å². The summed E-state index contributed by atoms with van der Waals surface area (Å²) in [6.07, 6.45) is 1.55. The Labute approximate surface area is 211 Å². The number of hydrogen-bond acceptors (Lipinski definition) is 3. The maximum atomic E-state index is 12.9. The summed E-state index contributed by atoms with van der Waals surface area (Å²) < 4.78 is 0. The normalized spacial score (nSPS) is 15.2. The molecule has 1 atom stereocenters. The molecule has 1 saturated heterocycles.